The van der Waals surface area contributed by atoms with Crippen molar-refractivity contribution in [2.75, 3.05) is 6.26 Å². The topological polar surface area (TPSA) is 118 Å². The lowest BCUT2D eigenvalue weighted by Crippen LogP contribution is -2.49. The highest BCUT2D eigenvalue weighted by molar-refractivity contribution is 7.92. The monoisotopic (exact) mass is 365 g/mol. The fourth-order valence-corrected chi connectivity index (χ4v) is 3.17. The molecule has 0 bridgehead atoms. The number of aryl methyl sites for hydroxylation is 1. The largest absolute Gasteiger partial charge is 0.315 e. The summed E-state index contributed by atoms with van der Waals surface area (Å²) in [5, 5.41) is 8.81. The second-order valence-electron chi connectivity index (χ2n) is 5.88. The van der Waals surface area contributed by atoms with Crippen LogP contribution in [0.3, 0.4) is 0 Å². The Bertz CT molecular complexity index is 924. The number of hydrogen-bond acceptors (Lipinski definition) is 6. The second-order valence-corrected chi connectivity index (χ2v) is 8.33. The van der Waals surface area contributed by atoms with Crippen molar-refractivity contribution in [3.05, 3.63) is 53.2 Å². The molecule has 0 aromatic carbocycles. The molecule has 2 aromatic heterocycles. The molecule has 2 heterocycles. The molecular formula is C16H19N3O5S. The van der Waals surface area contributed by atoms with Crippen LogP contribution >= 0.6 is 0 Å². The summed E-state index contributed by atoms with van der Waals surface area (Å²) in [6.45, 7) is 1.21. The number of hydrogen-bond donors (Lipinski definition) is 2. The number of hydroxylamine groups is 1. The number of nitrogens with one attached hydrogen (secondary N) is 1. The molecule has 0 aliphatic rings. The number of carbonyl (C=O) groups excluding carboxylic acids is 1. The lowest BCUT2D eigenvalue weighted by molar-refractivity contribution is -0.131. The minimum absolute atomic E-state index is 0.00312. The average Bonchev–Trinajstić information content (AvgIpc) is 2.59. The van der Waals surface area contributed by atoms with Gasteiger partial charge in [-0.25, -0.2) is 13.9 Å². The Labute approximate surface area is 145 Å². The summed E-state index contributed by atoms with van der Waals surface area (Å²) in [7, 11) is -3.81. The Hall–Kier alpha value is -2.52. The first-order valence-electron chi connectivity index (χ1n) is 7.44. The van der Waals surface area contributed by atoms with E-state index in [1.807, 2.05) is 6.07 Å². The SMILES string of the molecule is CC(CCn1ccc(-c2cccnc2)cc1=O)(C(=O)NO)S(C)(=O)=O. The van der Waals surface area contributed by atoms with E-state index < -0.39 is 20.5 Å². The van der Waals surface area contributed by atoms with Gasteiger partial charge >= 0.3 is 0 Å². The Morgan fingerprint density at radius 2 is 2.08 bits per heavy atom. The molecule has 0 aliphatic heterocycles. The van der Waals surface area contributed by atoms with Crippen molar-refractivity contribution in [3.63, 3.8) is 0 Å². The van der Waals surface area contributed by atoms with Gasteiger partial charge in [0.05, 0.1) is 0 Å². The number of rotatable bonds is 6. The highest BCUT2D eigenvalue weighted by Crippen LogP contribution is 2.22. The summed E-state index contributed by atoms with van der Waals surface area (Å²) >= 11 is 0. The number of aromatic nitrogens is 2. The van der Waals surface area contributed by atoms with E-state index in [-0.39, 0.29) is 18.5 Å². The van der Waals surface area contributed by atoms with Gasteiger partial charge < -0.3 is 4.57 Å². The molecule has 0 aliphatic carbocycles. The van der Waals surface area contributed by atoms with Crippen molar-refractivity contribution in [1.29, 1.82) is 0 Å². The highest BCUT2D eigenvalue weighted by atomic mass is 32.2. The third kappa shape index (κ3) is 3.94. The third-order valence-electron chi connectivity index (χ3n) is 4.22. The van der Waals surface area contributed by atoms with Crippen LogP contribution in [0.25, 0.3) is 11.1 Å². The average molecular weight is 365 g/mol. The molecule has 1 amide bonds. The quantitative estimate of drug-likeness (QED) is 0.572. The van der Waals surface area contributed by atoms with Gasteiger partial charge in [0, 0.05) is 43.0 Å². The Morgan fingerprint density at radius 1 is 1.36 bits per heavy atom. The van der Waals surface area contributed by atoms with Gasteiger partial charge in [-0.15, -0.1) is 0 Å². The normalized spacial score (nSPS) is 13.9. The van der Waals surface area contributed by atoms with E-state index in [9.17, 15) is 18.0 Å². The highest BCUT2D eigenvalue weighted by Gasteiger charge is 2.43. The van der Waals surface area contributed by atoms with Gasteiger partial charge in [0.2, 0.25) is 0 Å². The predicted octanol–water partition coefficient (Wildman–Crippen LogP) is 0.609. The van der Waals surface area contributed by atoms with Crippen molar-refractivity contribution < 1.29 is 18.4 Å². The number of amides is 1. The molecule has 2 rings (SSSR count). The third-order valence-corrected chi connectivity index (χ3v) is 6.25. The first-order chi connectivity index (χ1) is 11.7. The maximum Gasteiger partial charge on any atom is 0.264 e. The van der Waals surface area contributed by atoms with E-state index in [2.05, 4.69) is 4.98 Å². The molecule has 25 heavy (non-hydrogen) atoms. The molecule has 2 N–H and O–H groups in total. The molecule has 1 atom stereocenters. The van der Waals surface area contributed by atoms with E-state index >= 15 is 0 Å². The van der Waals surface area contributed by atoms with Crippen molar-refractivity contribution in [3.8, 4) is 11.1 Å². The molecule has 0 radical (unpaired) electrons. The van der Waals surface area contributed by atoms with Crippen molar-refractivity contribution >= 4 is 15.7 Å². The summed E-state index contributed by atoms with van der Waals surface area (Å²) < 4.78 is 23.3. The number of nitrogens with zero attached hydrogens (tertiary/aromatic N) is 2. The first-order valence-corrected chi connectivity index (χ1v) is 9.33. The standard InChI is InChI=1S/C16H19N3O5S/c1-16(15(21)18-22,25(2,23)24)6-9-19-8-5-12(10-14(19)20)13-4-3-7-17-11-13/h3-5,7-8,10-11,22H,6,9H2,1-2H3,(H,18,21). The van der Waals surface area contributed by atoms with Crippen LogP contribution in [0, 0.1) is 0 Å². The van der Waals surface area contributed by atoms with Gasteiger partial charge in [-0.3, -0.25) is 19.8 Å². The molecule has 0 spiro atoms. The molecule has 0 fully saturated rings. The summed E-state index contributed by atoms with van der Waals surface area (Å²) in [6, 6.07) is 6.70. The maximum atomic E-state index is 12.3. The van der Waals surface area contributed by atoms with Crippen molar-refractivity contribution in [1.82, 2.24) is 15.0 Å². The van der Waals surface area contributed by atoms with E-state index in [0.717, 1.165) is 11.8 Å². The van der Waals surface area contributed by atoms with E-state index in [1.54, 1.807) is 24.5 Å². The number of pyridine rings is 2. The molecular weight excluding hydrogens is 346 g/mol. The lowest BCUT2D eigenvalue weighted by atomic mass is 10.1. The Morgan fingerprint density at radius 3 is 2.60 bits per heavy atom. The smallest absolute Gasteiger partial charge is 0.264 e. The molecule has 9 heteroatoms. The van der Waals surface area contributed by atoms with Crippen LogP contribution < -0.4 is 11.0 Å². The second kappa shape index (κ2) is 7.16. The molecule has 2 aromatic rings. The number of carbonyl (C=O) groups is 1. The fourth-order valence-electron chi connectivity index (χ4n) is 2.32. The minimum Gasteiger partial charge on any atom is -0.315 e. The van der Waals surface area contributed by atoms with Crippen LogP contribution in [-0.4, -0.2) is 40.1 Å². The molecule has 0 saturated carbocycles. The Kier molecular flexibility index (Phi) is 5.39. The summed E-state index contributed by atoms with van der Waals surface area (Å²) in [4.78, 5) is 28.0. The zero-order valence-electron chi connectivity index (χ0n) is 13.8. The zero-order chi connectivity index (χ0) is 18.7. The van der Waals surface area contributed by atoms with E-state index in [4.69, 9.17) is 5.21 Å². The maximum absolute atomic E-state index is 12.3. The van der Waals surface area contributed by atoms with Crippen LogP contribution in [0.5, 0.6) is 0 Å². The Balaban J connectivity index is 2.26. The van der Waals surface area contributed by atoms with E-state index in [0.29, 0.717) is 5.56 Å². The van der Waals surface area contributed by atoms with Gasteiger partial charge in [0.25, 0.3) is 11.5 Å². The molecule has 8 nitrogen and oxygen atoms in total. The van der Waals surface area contributed by atoms with Crippen LogP contribution in [-0.2, 0) is 21.2 Å². The molecule has 0 saturated heterocycles. The molecule has 134 valence electrons. The predicted molar refractivity (Wildman–Crippen MR) is 91.7 cm³/mol. The van der Waals surface area contributed by atoms with Gasteiger partial charge in [0.1, 0.15) is 0 Å². The van der Waals surface area contributed by atoms with Gasteiger partial charge in [0.15, 0.2) is 14.6 Å². The fraction of sp³-hybridized carbons (Fsp3) is 0.312. The van der Waals surface area contributed by atoms with Gasteiger partial charge in [-0.1, -0.05) is 6.07 Å². The summed E-state index contributed by atoms with van der Waals surface area (Å²) in [6.07, 6.45) is 5.54. The van der Waals surface area contributed by atoms with Crippen LogP contribution in [0.15, 0.2) is 47.7 Å². The zero-order valence-corrected chi connectivity index (χ0v) is 14.7. The van der Waals surface area contributed by atoms with Crippen LogP contribution in [0.4, 0.5) is 0 Å². The summed E-state index contributed by atoms with van der Waals surface area (Å²) in [5.74, 6) is -1.03. The summed E-state index contributed by atoms with van der Waals surface area (Å²) in [5.41, 5.74) is 2.52. The van der Waals surface area contributed by atoms with Crippen molar-refractivity contribution in [2.45, 2.75) is 24.6 Å². The van der Waals surface area contributed by atoms with Crippen LogP contribution in [0.2, 0.25) is 0 Å². The molecule has 1 unspecified atom stereocenters. The first kappa shape index (κ1) is 18.8. The number of sulfone groups is 1. The van der Waals surface area contributed by atoms with E-state index in [1.165, 1.54) is 29.2 Å². The van der Waals surface area contributed by atoms with Gasteiger partial charge in [-0.05, 0) is 31.0 Å². The van der Waals surface area contributed by atoms with Crippen LogP contribution in [0.1, 0.15) is 13.3 Å². The lowest BCUT2D eigenvalue weighted by Gasteiger charge is -2.25. The minimum atomic E-state index is -3.81. The van der Waals surface area contributed by atoms with Crippen molar-refractivity contribution in [2.24, 2.45) is 0 Å². The van der Waals surface area contributed by atoms with Gasteiger partial charge in [-0.2, -0.15) is 0 Å².